The molecule has 3 aromatic carbocycles. The predicted molar refractivity (Wildman–Crippen MR) is 355 cm³/mol. The number of pyridine rings is 1. The molecule has 6 atom stereocenters. The molecule has 9 heterocycles. The molecule has 93 heavy (non-hydrogen) atoms. The van der Waals surface area contributed by atoms with Crippen LogP contribution < -0.4 is 24.6 Å². The highest BCUT2D eigenvalue weighted by atomic mass is 32.1. The van der Waals surface area contributed by atoms with E-state index in [1.165, 1.54) is 4.90 Å². The number of anilines is 2. The summed E-state index contributed by atoms with van der Waals surface area (Å²) in [5.41, 5.74) is 6.03. The number of nitrogens with zero attached hydrogens (tertiary/aromatic N) is 10. The van der Waals surface area contributed by atoms with Crippen LogP contribution in [0.15, 0.2) is 76.9 Å². The van der Waals surface area contributed by atoms with Gasteiger partial charge >= 0.3 is 12.1 Å². The molecule has 1 aliphatic carbocycles. The molecule has 6 fully saturated rings. The second-order valence-corrected chi connectivity index (χ2v) is 29.3. The molecule has 4 aromatic heterocycles. The fraction of sp³-hybridized carbons (Fsp3) is 0.549. The zero-order valence-corrected chi connectivity index (χ0v) is 55.8. The number of hydrogen-bond acceptors (Lipinski definition) is 18. The Morgan fingerprint density at radius 1 is 0.903 bits per heavy atom. The molecule has 13 rings (SSSR count). The van der Waals surface area contributed by atoms with Crippen molar-refractivity contribution in [1.82, 2.24) is 45.1 Å². The molecule has 22 heteroatoms. The first-order chi connectivity index (χ1) is 44.7. The number of aromatic nitrogens is 5. The lowest BCUT2D eigenvalue weighted by molar-refractivity contribution is -0.141. The van der Waals surface area contributed by atoms with Crippen molar-refractivity contribution in [2.75, 3.05) is 82.7 Å². The summed E-state index contributed by atoms with van der Waals surface area (Å²) in [5.74, 6) is 1.40. The van der Waals surface area contributed by atoms with Gasteiger partial charge in [0, 0.05) is 76.0 Å². The van der Waals surface area contributed by atoms with Crippen molar-refractivity contribution in [1.29, 1.82) is 0 Å². The first kappa shape index (κ1) is 64.2. The molecule has 5 saturated heterocycles. The number of fused-ring (bicyclic) bond motifs is 4. The summed E-state index contributed by atoms with van der Waals surface area (Å²) < 4.78 is 47.5. The number of nitrogens with one attached hydrogen (secondary N) is 1. The average Bonchev–Trinajstić information content (AvgIpc) is 1.56. The van der Waals surface area contributed by atoms with Gasteiger partial charge in [0.25, 0.3) is 0 Å². The number of rotatable bonds is 21. The van der Waals surface area contributed by atoms with Crippen LogP contribution in [0.1, 0.15) is 134 Å². The topological polar surface area (TPSA) is 214 Å². The summed E-state index contributed by atoms with van der Waals surface area (Å²) in [5, 5.41) is 20.7. The number of halogens is 1. The number of aliphatic hydroxyl groups excluding tert-OH is 1. The van der Waals surface area contributed by atoms with Crippen LogP contribution in [0.5, 0.6) is 11.8 Å². The van der Waals surface area contributed by atoms with Gasteiger partial charge in [-0.3, -0.25) is 19.5 Å². The molecular weight excluding hydrogens is 1200 g/mol. The van der Waals surface area contributed by atoms with Gasteiger partial charge < -0.3 is 53.5 Å². The number of likely N-dealkylation sites (tertiary alicyclic amines) is 2. The number of β-amino-alcohol motifs (C(OH)–C–C–N with tert-alkyl or cyclic N) is 1. The van der Waals surface area contributed by atoms with Crippen LogP contribution in [0.2, 0.25) is 0 Å². The van der Waals surface area contributed by atoms with Gasteiger partial charge in [0.05, 0.1) is 52.3 Å². The van der Waals surface area contributed by atoms with E-state index >= 15 is 4.39 Å². The van der Waals surface area contributed by atoms with Crippen LogP contribution in [-0.2, 0) is 25.5 Å². The maximum absolute atomic E-state index is 17.8. The fourth-order valence-corrected chi connectivity index (χ4v) is 15.8. The Labute approximate surface area is 547 Å². The molecule has 3 unspecified atom stereocenters. The number of aliphatic hydroxyl groups is 1. The minimum atomic E-state index is -0.823. The van der Waals surface area contributed by atoms with Gasteiger partial charge in [-0.15, -0.1) is 11.3 Å². The minimum Gasteiger partial charge on any atom is -0.468 e. The van der Waals surface area contributed by atoms with E-state index in [4.69, 9.17) is 38.4 Å². The Bertz CT molecular complexity index is 3860. The monoisotopic (exact) mass is 1290 g/mol. The summed E-state index contributed by atoms with van der Waals surface area (Å²) in [6, 6.07) is 18.6. The number of aryl methyl sites for hydroxylation is 2. The van der Waals surface area contributed by atoms with Crippen LogP contribution >= 0.6 is 11.3 Å². The molecule has 20 nitrogen and oxygen atoms in total. The van der Waals surface area contributed by atoms with Gasteiger partial charge in [0.1, 0.15) is 40.3 Å². The van der Waals surface area contributed by atoms with E-state index in [1.54, 1.807) is 24.6 Å². The lowest BCUT2D eigenvalue weighted by Gasteiger charge is -2.42. The van der Waals surface area contributed by atoms with Crippen molar-refractivity contribution < 1.29 is 47.4 Å². The Morgan fingerprint density at radius 3 is 2.33 bits per heavy atom. The zero-order chi connectivity index (χ0) is 65.0. The molecule has 6 aliphatic rings. The average molecular weight is 1290 g/mol. The van der Waals surface area contributed by atoms with Crippen molar-refractivity contribution in [2.45, 2.75) is 155 Å². The van der Waals surface area contributed by atoms with Crippen LogP contribution in [0, 0.1) is 35.9 Å². The highest BCUT2D eigenvalue weighted by Crippen LogP contribution is 2.48. The number of piperazine rings is 1. The molecule has 0 spiro atoms. The molecule has 2 N–H and O–H groups in total. The van der Waals surface area contributed by atoms with Crippen molar-refractivity contribution in [2.24, 2.45) is 23.2 Å². The number of amides is 3. The summed E-state index contributed by atoms with van der Waals surface area (Å²) >= 11 is 1.59. The number of carbonyl (C=O) groups is 3. The molecule has 494 valence electrons. The maximum Gasteiger partial charge on any atom is 0.410 e. The Balaban J connectivity index is 0.634. The molecular formula is C71H88FN11O9S. The zero-order valence-electron chi connectivity index (χ0n) is 55.0. The van der Waals surface area contributed by atoms with E-state index in [9.17, 15) is 19.5 Å². The number of ether oxygens (including phenoxy) is 4. The molecule has 0 radical (unpaired) electrons. The van der Waals surface area contributed by atoms with Crippen LogP contribution in [0.3, 0.4) is 0 Å². The van der Waals surface area contributed by atoms with E-state index < -0.39 is 29.5 Å². The van der Waals surface area contributed by atoms with Crippen LogP contribution in [0.4, 0.5) is 20.8 Å². The highest BCUT2D eigenvalue weighted by molar-refractivity contribution is 7.13. The van der Waals surface area contributed by atoms with Gasteiger partial charge in [0.15, 0.2) is 24.2 Å². The number of carbonyl (C=O) groups excluding carboxylic acids is 3. The lowest BCUT2D eigenvalue weighted by Crippen LogP contribution is -2.57. The number of hydrogen-bond donors (Lipinski definition) is 2. The summed E-state index contributed by atoms with van der Waals surface area (Å²) in [7, 11) is 1.56. The van der Waals surface area contributed by atoms with E-state index in [1.807, 2.05) is 113 Å². The molecule has 5 aliphatic heterocycles. The number of methoxy groups -OCH3 is 1. The van der Waals surface area contributed by atoms with E-state index in [0.717, 1.165) is 122 Å². The SMILES string of the molecule is CCc1cccc2cc(OCOC)cc(-c3ncc4c(N5CC6CCC(C5)N6C(=O)OC(C)(C)C)nc(OCC5(CN6CCC(CC7CN(c8cc(C(C(=O)N9C[C@H](O)C[C@H]9C(=O)N[C@@H](C)c9ccc(-c%10scnc%10C)cc9)C(C)C)on8)C7)CC6)CC5)nc4c3F)c12. The maximum atomic E-state index is 17.8. The smallest absolute Gasteiger partial charge is 0.410 e. The van der Waals surface area contributed by atoms with E-state index in [-0.39, 0.29) is 84.3 Å². The van der Waals surface area contributed by atoms with Gasteiger partial charge in [0.2, 0.25) is 11.8 Å². The lowest BCUT2D eigenvalue weighted by atomic mass is 9.83. The van der Waals surface area contributed by atoms with Crippen molar-refractivity contribution >= 4 is 62.6 Å². The Hall–Kier alpha value is -7.53. The normalized spacial score (nSPS) is 21.6. The fourth-order valence-electron chi connectivity index (χ4n) is 15.0. The first-order valence-corrected chi connectivity index (χ1v) is 34.3. The Kier molecular flexibility index (Phi) is 18.2. The molecule has 7 aromatic rings. The molecule has 1 saturated carbocycles. The van der Waals surface area contributed by atoms with E-state index in [2.05, 4.69) is 43.1 Å². The predicted octanol–water partition coefficient (Wildman–Crippen LogP) is 11.5. The third-order valence-electron chi connectivity index (χ3n) is 20.1. The number of thiazole rings is 1. The minimum absolute atomic E-state index is 0.0296. The Morgan fingerprint density at radius 2 is 1.66 bits per heavy atom. The largest absolute Gasteiger partial charge is 0.468 e. The third kappa shape index (κ3) is 13.5. The standard InChI is InChI=1S/C71H88FN11O9S/c1-10-46-12-11-13-49-27-53(90-40-88-9)29-54(60(46)49)62-61(72)63-55(31-73-62)65(81-34-50-18-19-51(35-81)83(50)69(87)91-70(6,7)8)77-68(76-63)89-38-71(22-23-71)37-79-24-20-44(21-25-79)26-45-32-80(33-45)58-30-57(92-78-58)59(41(2)3)67(86)82-36-52(84)28-56(82)66(85)75-42(4)47-14-16-48(17-15-47)64-43(5)74-39-93-64/h11-17,27,29-31,39,41-42,44-45,50-52,56,59,84H,10,18-26,28,32-38,40H2,1-9H3,(H,75,85)/t42-,50?,51?,52+,56-,59?/m0/s1. The van der Waals surface area contributed by atoms with Gasteiger partial charge in [-0.05, 0) is 156 Å². The van der Waals surface area contributed by atoms with Crippen molar-refractivity contribution in [3.63, 3.8) is 0 Å². The van der Waals surface area contributed by atoms with Crippen molar-refractivity contribution in [3.05, 3.63) is 101 Å². The van der Waals surface area contributed by atoms with Crippen LogP contribution in [-0.4, -0.2) is 166 Å². The van der Waals surface area contributed by atoms with Crippen molar-refractivity contribution in [3.8, 4) is 33.5 Å². The second-order valence-electron chi connectivity index (χ2n) is 28.4. The van der Waals surface area contributed by atoms with Gasteiger partial charge in [-0.1, -0.05) is 68.4 Å². The second kappa shape index (κ2) is 26.3. The van der Waals surface area contributed by atoms with E-state index in [0.29, 0.717) is 65.6 Å². The third-order valence-corrected chi connectivity index (χ3v) is 21.1. The van der Waals surface area contributed by atoms with Gasteiger partial charge in [-0.25, -0.2) is 14.2 Å². The van der Waals surface area contributed by atoms with Gasteiger partial charge in [-0.2, -0.15) is 9.97 Å². The first-order valence-electron chi connectivity index (χ1n) is 33.4. The quantitative estimate of drug-likeness (QED) is 0.0640. The summed E-state index contributed by atoms with van der Waals surface area (Å²) in [6.45, 7) is 21.7. The molecule has 3 amide bonds. The number of benzene rings is 3. The molecule has 2 bridgehead atoms. The van der Waals surface area contributed by atoms with Crippen LogP contribution in [0.25, 0.3) is 43.4 Å². The highest BCUT2D eigenvalue weighted by Gasteiger charge is 2.48. The summed E-state index contributed by atoms with van der Waals surface area (Å²) in [6.07, 6.45) is 8.43. The summed E-state index contributed by atoms with van der Waals surface area (Å²) in [4.78, 5) is 72.7. The number of piperidine rings is 1.